The topological polar surface area (TPSA) is 41.3 Å². The van der Waals surface area contributed by atoms with Gasteiger partial charge in [-0.25, -0.2) is 0 Å². The summed E-state index contributed by atoms with van der Waals surface area (Å²) >= 11 is 0. The van der Waals surface area contributed by atoms with Crippen molar-refractivity contribution in [1.29, 1.82) is 0 Å². The number of piperidine rings is 1. The first kappa shape index (κ1) is 11.6. The molecule has 0 aliphatic carbocycles. The highest BCUT2D eigenvalue weighted by atomic mass is 16.3. The molecule has 0 amide bonds. The molecule has 2 heterocycles. The van der Waals surface area contributed by atoms with Crippen LogP contribution in [-0.2, 0) is 13.6 Å². The van der Waals surface area contributed by atoms with Gasteiger partial charge < -0.3 is 5.11 Å². The van der Waals surface area contributed by atoms with Crippen LogP contribution in [0.4, 0.5) is 0 Å². The molecule has 1 aromatic heterocycles. The van der Waals surface area contributed by atoms with Crippen molar-refractivity contribution in [3.63, 3.8) is 0 Å². The summed E-state index contributed by atoms with van der Waals surface area (Å²) in [5.74, 6) is 0.456. The van der Waals surface area contributed by atoms with Crippen LogP contribution in [0.25, 0.3) is 0 Å². The van der Waals surface area contributed by atoms with Crippen molar-refractivity contribution in [2.75, 3.05) is 19.7 Å². The molecule has 0 bridgehead atoms. The maximum atomic E-state index is 9.19. The van der Waals surface area contributed by atoms with Crippen LogP contribution >= 0.6 is 0 Å². The first-order valence-electron chi connectivity index (χ1n) is 6.01. The summed E-state index contributed by atoms with van der Waals surface area (Å²) in [4.78, 5) is 2.40. The van der Waals surface area contributed by atoms with Crippen LogP contribution < -0.4 is 0 Å². The average Bonchev–Trinajstić information content (AvgIpc) is 2.58. The maximum Gasteiger partial charge on any atom is 0.0793 e. The van der Waals surface area contributed by atoms with Crippen molar-refractivity contribution >= 4 is 0 Å². The molecule has 0 aromatic carbocycles. The summed E-state index contributed by atoms with van der Waals surface area (Å²) in [6.45, 7) is 5.48. The predicted octanol–water partition coefficient (Wildman–Crippen LogP) is 0.933. The smallest absolute Gasteiger partial charge is 0.0793 e. The van der Waals surface area contributed by atoms with Crippen molar-refractivity contribution in [3.8, 4) is 0 Å². The SMILES string of the molecule is Cc1cn(C)nc1CN1CCCC(CO)C1. The zero-order chi connectivity index (χ0) is 11.5. The van der Waals surface area contributed by atoms with Gasteiger partial charge in [-0.1, -0.05) is 0 Å². The van der Waals surface area contributed by atoms with E-state index in [2.05, 4.69) is 23.1 Å². The Kier molecular flexibility index (Phi) is 3.61. The van der Waals surface area contributed by atoms with E-state index < -0.39 is 0 Å². The zero-order valence-electron chi connectivity index (χ0n) is 10.2. The largest absolute Gasteiger partial charge is 0.396 e. The number of nitrogens with zero attached hydrogens (tertiary/aromatic N) is 3. The van der Waals surface area contributed by atoms with E-state index in [9.17, 15) is 5.11 Å². The third-order valence-corrected chi connectivity index (χ3v) is 3.35. The lowest BCUT2D eigenvalue weighted by Crippen LogP contribution is -2.36. The molecule has 0 spiro atoms. The average molecular weight is 223 g/mol. The van der Waals surface area contributed by atoms with Gasteiger partial charge in [0, 0.05) is 32.9 Å². The van der Waals surface area contributed by atoms with Gasteiger partial charge in [0.25, 0.3) is 0 Å². The fourth-order valence-electron chi connectivity index (χ4n) is 2.46. The van der Waals surface area contributed by atoms with Gasteiger partial charge in [-0.3, -0.25) is 9.58 Å². The number of rotatable bonds is 3. The molecule has 4 nitrogen and oxygen atoms in total. The van der Waals surface area contributed by atoms with Crippen LogP contribution in [-0.4, -0.2) is 39.5 Å². The molecule has 1 aliphatic rings. The van der Waals surface area contributed by atoms with Crippen LogP contribution in [0.5, 0.6) is 0 Å². The van der Waals surface area contributed by atoms with Crippen molar-refractivity contribution in [1.82, 2.24) is 14.7 Å². The molecule has 16 heavy (non-hydrogen) atoms. The Balaban J connectivity index is 1.96. The zero-order valence-corrected chi connectivity index (χ0v) is 10.2. The molecule has 1 saturated heterocycles. The van der Waals surface area contributed by atoms with Crippen LogP contribution in [0.2, 0.25) is 0 Å². The van der Waals surface area contributed by atoms with Gasteiger partial charge in [0.1, 0.15) is 0 Å². The normalized spacial score (nSPS) is 22.6. The maximum absolute atomic E-state index is 9.19. The van der Waals surface area contributed by atoms with Gasteiger partial charge in [-0.15, -0.1) is 0 Å². The molecule has 1 unspecified atom stereocenters. The van der Waals surface area contributed by atoms with E-state index in [0.717, 1.165) is 26.1 Å². The van der Waals surface area contributed by atoms with E-state index in [1.807, 2.05) is 11.7 Å². The summed E-state index contributed by atoms with van der Waals surface area (Å²) in [5.41, 5.74) is 2.43. The Morgan fingerprint density at radius 2 is 2.38 bits per heavy atom. The first-order valence-corrected chi connectivity index (χ1v) is 6.01. The molecule has 1 atom stereocenters. The van der Waals surface area contributed by atoms with Crippen LogP contribution in [0.15, 0.2) is 6.20 Å². The number of likely N-dealkylation sites (tertiary alicyclic amines) is 1. The second-order valence-corrected chi connectivity index (χ2v) is 4.86. The van der Waals surface area contributed by atoms with Gasteiger partial charge in [0.05, 0.1) is 5.69 Å². The van der Waals surface area contributed by atoms with E-state index in [4.69, 9.17) is 0 Å². The fraction of sp³-hybridized carbons (Fsp3) is 0.750. The van der Waals surface area contributed by atoms with Gasteiger partial charge in [-0.05, 0) is 37.8 Å². The van der Waals surface area contributed by atoms with Crippen LogP contribution in [0.1, 0.15) is 24.1 Å². The second-order valence-electron chi connectivity index (χ2n) is 4.86. The minimum absolute atomic E-state index is 0.317. The van der Waals surface area contributed by atoms with Crippen molar-refractivity contribution in [3.05, 3.63) is 17.5 Å². The fourth-order valence-corrected chi connectivity index (χ4v) is 2.46. The molecular formula is C12H21N3O. The van der Waals surface area contributed by atoms with Gasteiger partial charge in [0.15, 0.2) is 0 Å². The third-order valence-electron chi connectivity index (χ3n) is 3.35. The molecule has 4 heteroatoms. The Labute approximate surface area is 96.9 Å². The Morgan fingerprint density at radius 3 is 3.00 bits per heavy atom. The Morgan fingerprint density at radius 1 is 1.56 bits per heavy atom. The summed E-state index contributed by atoms with van der Waals surface area (Å²) in [6.07, 6.45) is 4.41. The molecule has 90 valence electrons. The number of aliphatic hydroxyl groups is 1. The minimum Gasteiger partial charge on any atom is -0.396 e. The van der Waals surface area contributed by atoms with Crippen molar-refractivity contribution < 1.29 is 5.11 Å². The molecule has 1 fully saturated rings. The van der Waals surface area contributed by atoms with Gasteiger partial charge in [0.2, 0.25) is 0 Å². The highest BCUT2D eigenvalue weighted by Crippen LogP contribution is 2.18. The highest BCUT2D eigenvalue weighted by molar-refractivity contribution is 5.14. The number of hydrogen-bond acceptors (Lipinski definition) is 3. The molecular weight excluding hydrogens is 202 g/mol. The molecule has 1 aliphatic heterocycles. The van der Waals surface area contributed by atoms with Crippen LogP contribution in [0, 0.1) is 12.8 Å². The van der Waals surface area contributed by atoms with E-state index in [0.29, 0.717) is 12.5 Å². The lowest BCUT2D eigenvalue weighted by atomic mass is 9.99. The van der Waals surface area contributed by atoms with E-state index >= 15 is 0 Å². The monoisotopic (exact) mass is 223 g/mol. The Bertz CT molecular complexity index is 348. The second kappa shape index (κ2) is 4.97. The number of aliphatic hydroxyl groups excluding tert-OH is 1. The lowest BCUT2D eigenvalue weighted by molar-refractivity contribution is 0.114. The molecule has 0 saturated carbocycles. The lowest BCUT2D eigenvalue weighted by Gasteiger charge is -2.31. The number of aromatic nitrogens is 2. The first-order chi connectivity index (χ1) is 7.69. The van der Waals surface area contributed by atoms with Crippen molar-refractivity contribution in [2.45, 2.75) is 26.3 Å². The molecule has 0 radical (unpaired) electrons. The van der Waals surface area contributed by atoms with Gasteiger partial charge in [-0.2, -0.15) is 5.10 Å². The summed E-state index contributed by atoms with van der Waals surface area (Å²) < 4.78 is 1.87. The summed E-state index contributed by atoms with van der Waals surface area (Å²) in [5, 5.41) is 13.7. The van der Waals surface area contributed by atoms with E-state index in [1.54, 1.807) is 0 Å². The molecule has 1 N–H and O–H groups in total. The highest BCUT2D eigenvalue weighted by Gasteiger charge is 2.20. The van der Waals surface area contributed by atoms with E-state index in [-0.39, 0.29) is 0 Å². The standard InChI is InChI=1S/C12H21N3O/c1-10-6-14(2)13-12(10)8-15-5-3-4-11(7-15)9-16/h6,11,16H,3-5,7-9H2,1-2H3. The third kappa shape index (κ3) is 2.62. The predicted molar refractivity (Wildman–Crippen MR) is 63.0 cm³/mol. The quantitative estimate of drug-likeness (QED) is 0.829. The minimum atomic E-state index is 0.317. The van der Waals surface area contributed by atoms with Crippen LogP contribution in [0.3, 0.4) is 0 Å². The summed E-state index contributed by atoms with van der Waals surface area (Å²) in [6, 6.07) is 0. The molecule has 1 aromatic rings. The summed E-state index contributed by atoms with van der Waals surface area (Å²) in [7, 11) is 1.96. The number of aryl methyl sites for hydroxylation is 2. The molecule has 2 rings (SSSR count). The number of hydrogen-bond donors (Lipinski definition) is 1. The Hall–Kier alpha value is -0.870. The van der Waals surface area contributed by atoms with E-state index in [1.165, 1.54) is 17.7 Å². The van der Waals surface area contributed by atoms with Crippen molar-refractivity contribution in [2.24, 2.45) is 13.0 Å². The van der Waals surface area contributed by atoms with Gasteiger partial charge >= 0.3 is 0 Å².